The van der Waals surface area contributed by atoms with Crippen LogP contribution in [0.2, 0.25) is 0 Å². The first-order valence-corrected chi connectivity index (χ1v) is 8.11. The average molecular weight is 292 g/mol. The van der Waals surface area contributed by atoms with Gasteiger partial charge in [-0.25, -0.2) is 0 Å². The summed E-state index contributed by atoms with van der Waals surface area (Å²) in [4.78, 5) is 2.44. The summed E-state index contributed by atoms with van der Waals surface area (Å²) in [7, 11) is 3.93. The summed E-state index contributed by atoms with van der Waals surface area (Å²) in [5.41, 5.74) is 1.71. The first-order chi connectivity index (χ1) is 10.1. The summed E-state index contributed by atoms with van der Waals surface area (Å²) in [6, 6.07) is 8.38. The van der Waals surface area contributed by atoms with Gasteiger partial charge in [-0.15, -0.1) is 0 Å². The highest BCUT2D eigenvalue weighted by atomic mass is 16.5. The van der Waals surface area contributed by atoms with Crippen LogP contribution in [0.15, 0.2) is 24.3 Å². The van der Waals surface area contributed by atoms with Gasteiger partial charge in [0.1, 0.15) is 5.75 Å². The molecule has 0 aliphatic heterocycles. The number of nitrogens with one attached hydrogen (secondary N) is 1. The molecule has 120 valence electrons. The number of methoxy groups -OCH3 is 1. The van der Waals surface area contributed by atoms with Gasteiger partial charge in [-0.05, 0) is 49.5 Å². The second-order valence-corrected chi connectivity index (χ2v) is 6.01. The molecule has 0 heterocycles. The van der Waals surface area contributed by atoms with Gasteiger partial charge in [0, 0.05) is 19.6 Å². The van der Waals surface area contributed by atoms with E-state index < -0.39 is 0 Å². The molecular formula is C18H32N2O. The van der Waals surface area contributed by atoms with Gasteiger partial charge in [-0.1, -0.05) is 32.9 Å². The molecular weight excluding hydrogens is 260 g/mol. The van der Waals surface area contributed by atoms with Crippen molar-refractivity contribution in [2.24, 2.45) is 5.41 Å². The van der Waals surface area contributed by atoms with Gasteiger partial charge in [-0.3, -0.25) is 0 Å². The molecule has 0 amide bonds. The summed E-state index contributed by atoms with van der Waals surface area (Å²) in [6.07, 6.45) is 2.42. The van der Waals surface area contributed by atoms with Crippen LogP contribution in [-0.2, 0) is 6.54 Å². The summed E-state index contributed by atoms with van der Waals surface area (Å²) in [5.74, 6) is 0.921. The molecule has 0 aromatic heterocycles. The van der Waals surface area contributed by atoms with E-state index in [1.807, 2.05) is 12.1 Å². The smallest absolute Gasteiger partial charge is 0.118 e. The van der Waals surface area contributed by atoms with Crippen molar-refractivity contribution in [1.29, 1.82) is 0 Å². The standard InChI is InChI=1S/C18H32N2O/c1-6-18(7-2,14-19-8-3)15-20(4)13-16-9-11-17(21-5)12-10-16/h9-12,19H,6-8,13-15H2,1-5H3. The van der Waals surface area contributed by atoms with Crippen molar-refractivity contribution in [2.75, 3.05) is 33.8 Å². The Bertz CT molecular complexity index is 385. The van der Waals surface area contributed by atoms with Crippen LogP contribution >= 0.6 is 0 Å². The first-order valence-electron chi connectivity index (χ1n) is 8.11. The molecule has 1 aromatic carbocycles. The normalized spacial score (nSPS) is 11.9. The molecule has 0 unspecified atom stereocenters. The van der Waals surface area contributed by atoms with Gasteiger partial charge in [-0.2, -0.15) is 0 Å². The molecule has 1 N–H and O–H groups in total. The lowest BCUT2D eigenvalue weighted by molar-refractivity contribution is 0.151. The minimum Gasteiger partial charge on any atom is -0.497 e. The molecule has 0 aliphatic carbocycles. The van der Waals surface area contributed by atoms with E-state index in [1.165, 1.54) is 18.4 Å². The summed E-state index contributed by atoms with van der Waals surface area (Å²) >= 11 is 0. The van der Waals surface area contributed by atoms with E-state index in [0.717, 1.165) is 31.9 Å². The molecule has 0 saturated carbocycles. The number of nitrogens with zero attached hydrogens (tertiary/aromatic N) is 1. The van der Waals surface area contributed by atoms with Crippen LogP contribution < -0.4 is 10.1 Å². The molecule has 3 nitrogen and oxygen atoms in total. The molecule has 0 saturated heterocycles. The lowest BCUT2D eigenvalue weighted by Crippen LogP contribution is -2.42. The molecule has 21 heavy (non-hydrogen) atoms. The van der Waals surface area contributed by atoms with E-state index in [-0.39, 0.29) is 0 Å². The first kappa shape index (κ1) is 18.0. The van der Waals surface area contributed by atoms with E-state index in [2.05, 4.69) is 50.2 Å². The van der Waals surface area contributed by atoms with Crippen LogP contribution in [0.1, 0.15) is 39.2 Å². The maximum atomic E-state index is 5.21. The lowest BCUT2D eigenvalue weighted by Gasteiger charge is -2.36. The molecule has 3 heteroatoms. The highest BCUT2D eigenvalue weighted by molar-refractivity contribution is 5.27. The van der Waals surface area contributed by atoms with E-state index in [4.69, 9.17) is 4.74 Å². The van der Waals surface area contributed by atoms with Crippen LogP contribution in [0, 0.1) is 5.41 Å². The quantitative estimate of drug-likeness (QED) is 0.714. The zero-order chi connectivity index (χ0) is 15.7. The zero-order valence-electron chi connectivity index (χ0n) is 14.4. The predicted molar refractivity (Wildman–Crippen MR) is 90.9 cm³/mol. The monoisotopic (exact) mass is 292 g/mol. The lowest BCUT2D eigenvalue weighted by atomic mass is 9.81. The number of hydrogen-bond donors (Lipinski definition) is 1. The fraction of sp³-hybridized carbons (Fsp3) is 0.667. The Kier molecular flexibility index (Phi) is 7.76. The van der Waals surface area contributed by atoms with Gasteiger partial charge >= 0.3 is 0 Å². The molecule has 0 radical (unpaired) electrons. The predicted octanol–water partition coefficient (Wildman–Crippen LogP) is 3.54. The average Bonchev–Trinajstić information content (AvgIpc) is 2.52. The van der Waals surface area contributed by atoms with E-state index in [0.29, 0.717) is 5.41 Å². The van der Waals surface area contributed by atoms with Crippen molar-refractivity contribution in [3.63, 3.8) is 0 Å². The molecule has 0 spiro atoms. The second-order valence-electron chi connectivity index (χ2n) is 6.01. The Morgan fingerprint density at radius 1 is 1.10 bits per heavy atom. The zero-order valence-corrected chi connectivity index (χ0v) is 14.4. The van der Waals surface area contributed by atoms with Crippen LogP contribution in [0.3, 0.4) is 0 Å². The van der Waals surface area contributed by atoms with Crippen molar-refractivity contribution < 1.29 is 4.74 Å². The minimum atomic E-state index is 0.372. The summed E-state index contributed by atoms with van der Waals surface area (Å²) in [5, 5.41) is 3.53. The highest BCUT2D eigenvalue weighted by Crippen LogP contribution is 2.27. The van der Waals surface area contributed by atoms with Crippen LogP contribution in [-0.4, -0.2) is 38.7 Å². The Morgan fingerprint density at radius 3 is 2.19 bits per heavy atom. The topological polar surface area (TPSA) is 24.5 Å². The number of hydrogen-bond acceptors (Lipinski definition) is 3. The fourth-order valence-corrected chi connectivity index (χ4v) is 2.84. The number of ether oxygens (including phenoxy) is 1. The van der Waals surface area contributed by atoms with Gasteiger partial charge < -0.3 is 15.0 Å². The maximum Gasteiger partial charge on any atom is 0.118 e. The molecule has 0 aliphatic rings. The second kappa shape index (κ2) is 9.06. The molecule has 0 atom stereocenters. The molecule has 0 bridgehead atoms. The van der Waals surface area contributed by atoms with Gasteiger partial charge in [0.05, 0.1) is 7.11 Å². The molecule has 0 fully saturated rings. The Hall–Kier alpha value is -1.06. The third-order valence-electron chi connectivity index (χ3n) is 4.47. The molecule has 1 rings (SSSR count). The third kappa shape index (κ3) is 5.68. The van der Waals surface area contributed by atoms with Crippen molar-refractivity contribution in [3.8, 4) is 5.75 Å². The maximum absolute atomic E-state index is 5.21. The van der Waals surface area contributed by atoms with Crippen LogP contribution in [0.25, 0.3) is 0 Å². The van der Waals surface area contributed by atoms with Crippen molar-refractivity contribution in [3.05, 3.63) is 29.8 Å². The Balaban J connectivity index is 2.61. The van der Waals surface area contributed by atoms with Gasteiger partial charge in [0.2, 0.25) is 0 Å². The van der Waals surface area contributed by atoms with Crippen molar-refractivity contribution >= 4 is 0 Å². The minimum absolute atomic E-state index is 0.372. The largest absolute Gasteiger partial charge is 0.497 e. The van der Waals surface area contributed by atoms with Crippen LogP contribution in [0.5, 0.6) is 5.75 Å². The van der Waals surface area contributed by atoms with Crippen LogP contribution in [0.4, 0.5) is 0 Å². The fourth-order valence-electron chi connectivity index (χ4n) is 2.84. The van der Waals surface area contributed by atoms with Crippen molar-refractivity contribution in [2.45, 2.75) is 40.2 Å². The summed E-state index contributed by atoms with van der Waals surface area (Å²) in [6.45, 7) is 11.0. The van der Waals surface area contributed by atoms with Crippen molar-refractivity contribution in [1.82, 2.24) is 10.2 Å². The number of benzene rings is 1. The number of rotatable bonds is 10. The van der Waals surface area contributed by atoms with E-state index in [1.54, 1.807) is 7.11 Å². The SMILES string of the molecule is CCNCC(CC)(CC)CN(C)Cc1ccc(OC)cc1. The Morgan fingerprint density at radius 2 is 1.71 bits per heavy atom. The third-order valence-corrected chi connectivity index (χ3v) is 4.47. The van der Waals surface area contributed by atoms with Gasteiger partial charge in [0.15, 0.2) is 0 Å². The van der Waals surface area contributed by atoms with E-state index in [9.17, 15) is 0 Å². The molecule has 1 aromatic rings. The van der Waals surface area contributed by atoms with Gasteiger partial charge in [0.25, 0.3) is 0 Å². The highest BCUT2D eigenvalue weighted by Gasteiger charge is 2.27. The van der Waals surface area contributed by atoms with E-state index >= 15 is 0 Å². The summed E-state index contributed by atoms with van der Waals surface area (Å²) < 4.78 is 5.21. The Labute approximate surface area is 130 Å².